The minimum atomic E-state index is -0.230. The number of anilines is 1. The summed E-state index contributed by atoms with van der Waals surface area (Å²) in [5.41, 5.74) is 1.02. The highest BCUT2D eigenvalue weighted by atomic mass is 32.1. The molecule has 1 aromatic heterocycles. The molecule has 0 atom stereocenters. The van der Waals surface area contributed by atoms with Crippen molar-refractivity contribution in [2.24, 2.45) is 0 Å². The van der Waals surface area contributed by atoms with Gasteiger partial charge in [0.05, 0.1) is 6.54 Å². The molecule has 1 amide bonds. The van der Waals surface area contributed by atoms with E-state index in [1.165, 1.54) is 23.5 Å². The van der Waals surface area contributed by atoms with Gasteiger partial charge in [-0.25, -0.2) is 4.39 Å². The number of rotatable bonds is 6. The zero-order valence-corrected chi connectivity index (χ0v) is 15.0. The normalized spacial score (nSPS) is 15.9. The predicted octanol–water partition coefficient (Wildman–Crippen LogP) is 1.89. The fourth-order valence-electron chi connectivity index (χ4n) is 2.85. The summed E-state index contributed by atoms with van der Waals surface area (Å²) in [6.07, 6.45) is 2.61. The number of likely N-dealkylation sites (tertiary alicyclic amines) is 1. The number of amides is 1. The minimum absolute atomic E-state index is 0.0565. The van der Waals surface area contributed by atoms with Gasteiger partial charge in [0.25, 0.3) is 0 Å². The summed E-state index contributed by atoms with van der Waals surface area (Å²) in [5, 5.41) is 16.3. The molecule has 3 rings (SSSR count). The Balaban J connectivity index is 1.47. The molecule has 2 heterocycles. The Kier molecular flexibility index (Phi) is 5.93. The first-order chi connectivity index (χ1) is 12.1. The lowest BCUT2D eigenvalue weighted by atomic mass is 10.1. The number of aromatic nitrogens is 2. The Bertz CT molecular complexity index is 697. The van der Waals surface area contributed by atoms with E-state index in [1.807, 2.05) is 0 Å². The summed E-state index contributed by atoms with van der Waals surface area (Å²) in [4.78, 5) is 13.6. The standard InChI is InChI=1S/C17H22FN5OS/c1-19-15(24)11-23-8-6-14(7-9-23)20-17-22-21-16(25-17)10-12-2-4-13(18)5-3-12/h2-5,14H,6-11H2,1H3,(H,19,24)(H,20,22). The van der Waals surface area contributed by atoms with Gasteiger partial charge >= 0.3 is 0 Å². The first kappa shape index (κ1) is 17.8. The molecule has 8 heteroatoms. The van der Waals surface area contributed by atoms with Crippen LogP contribution >= 0.6 is 11.3 Å². The molecule has 2 N–H and O–H groups in total. The van der Waals surface area contributed by atoms with Crippen molar-refractivity contribution in [1.29, 1.82) is 0 Å². The molecule has 0 bridgehead atoms. The number of carbonyl (C=O) groups excluding carboxylic acids is 1. The van der Waals surface area contributed by atoms with E-state index in [2.05, 4.69) is 25.7 Å². The van der Waals surface area contributed by atoms with E-state index in [0.717, 1.165) is 41.6 Å². The lowest BCUT2D eigenvalue weighted by Gasteiger charge is -2.31. The molecular weight excluding hydrogens is 341 g/mol. The largest absolute Gasteiger partial charge is 0.358 e. The van der Waals surface area contributed by atoms with Crippen LogP contribution in [0.25, 0.3) is 0 Å². The second kappa shape index (κ2) is 8.35. The highest BCUT2D eigenvalue weighted by molar-refractivity contribution is 7.15. The Labute approximate surface area is 150 Å². The Hall–Kier alpha value is -2.06. The number of halogens is 1. The second-order valence-corrected chi connectivity index (χ2v) is 7.23. The van der Waals surface area contributed by atoms with Crippen LogP contribution < -0.4 is 10.6 Å². The average Bonchev–Trinajstić information content (AvgIpc) is 3.05. The number of piperidine rings is 1. The monoisotopic (exact) mass is 363 g/mol. The van der Waals surface area contributed by atoms with E-state index in [1.54, 1.807) is 19.2 Å². The van der Waals surface area contributed by atoms with Crippen molar-refractivity contribution in [3.05, 3.63) is 40.7 Å². The number of carbonyl (C=O) groups is 1. The zero-order valence-electron chi connectivity index (χ0n) is 14.2. The van der Waals surface area contributed by atoms with E-state index >= 15 is 0 Å². The van der Waals surface area contributed by atoms with E-state index in [-0.39, 0.29) is 11.7 Å². The van der Waals surface area contributed by atoms with Crippen LogP contribution in [0.1, 0.15) is 23.4 Å². The van der Waals surface area contributed by atoms with Gasteiger partial charge in [0.1, 0.15) is 10.8 Å². The maximum atomic E-state index is 12.9. The van der Waals surface area contributed by atoms with Gasteiger partial charge in [-0.15, -0.1) is 10.2 Å². The number of benzene rings is 1. The Morgan fingerprint density at radius 1 is 1.28 bits per heavy atom. The minimum Gasteiger partial charge on any atom is -0.358 e. The molecule has 134 valence electrons. The van der Waals surface area contributed by atoms with Gasteiger partial charge in [-0.2, -0.15) is 0 Å². The summed E-state index contributed by atoms with van der Waals surface area (Å²) in [6.45, 7) is 2.25. The van der Waals surface area contributed by atoms with Crippen molar-refractivity contribution in [2.45, 2.75) is 25.3 Å². The van der Waals surface area contributed by atoms with Crippen molar-refractivity contribution in [2.75, 3.05) is 32.0 Å². The summed E-state index contributed by atoms with van der Waals surface area (Å²) in [7, 11) is 1.66. The number of hydrogen-bond acceptors (Lipinski definition) is 6. The zero-order chi connectivity index (χ0) is 17.6. The maximum absolute atomic E-state index is 12.9. The van der Waals surface area contributed by atoms with Crippen LogP contribution in [-0.4, -0.2) is 53.7 Å². The molecule has 2 aromatic rings. The molecule has 1 aliphatic rings. The Morgan fingerprint density at radius 2 is 2.00 bits per heavy atom. The van der Waals surface area contributed by atoms with Crippen LogP contribution in [0.5, 0.6) is 0 Å². The third-order valence-electron chi connectivity index (χ3n) is 4.30. The van der Waals surface area contributed by atoms with Gasteiger partial charge in [-0.1, -0.05) is 23.5 Å². The van der Waals surface area contributed by atoms with Crippen molar-refractivity contribution < 1.29 is 9.18 Å². The molecule has 0 saturated carbocycles. The molecule has 0 unspecified atom stereocenters. The molecule has 0 spiro atoms. The van der Waals surface area contributed by atoms with Gasteiger partial charge < -0.3 is 10.6 Å². The fourth-order valence-corrected chi connectivity index (χ4v) is 3.70. The van der Waals surface area contributed by atoms with Crippen molar-refractivity contribution in [3.8, 4) is 0 Å². The molecule has 0 radical (unpaired) electrons. The quantitative estimate of drug-likeness (QED) is 0.820. The molecule has 1 fully saturated rings. The lowest BCUT2D eigenvalue weighted by molar-refractivity contribution is -0.122. The molecule has 0 aliphatic carbocycles. The van der Waals surface area contributed by atoms with Crippen LogP contribution in [0.15, 0.2) is 24.3 Å². The maximum Gasteiger partial charge on any atom is 0.233 e. The first-order valence-electron chi connectivity index (χ1n) is 8.38. The lowest BCUT2D eigenvalue weighted by Crippen LogP contribution is -2.43. The molecular formula is C17H22FN5OS. The fraction of sp³-hybridized carbons (Fsp3) is 0.471. The van der Waals surface area contributed by atoms with Gasteiger partial charge in [-0.3, -0.25) is 9.69 Å². The number of hydrogen-bond donors (Lipinski definition) is 2. The molecule has 1 aliphatic heterocycles. The summed E-state index contributed by atoms with van der Waals surface area (Å²) < 4.78 is 12.9. The van der Waals surface area contributed by atoms with E-state index in [0.29, 0.717) is 19.0 Å². The van der Waals surface area contributed by atoms with Crippen molar-refractivity contribution >= 4 is 22.4 Å². The summed E-state index contributed by atoms with van der Waals surface area (Å²) in [5.74, 6) is -0.174. The molecule has 25 heavy (non-hydrogen) atoms. The smallest absolute Gasteiger partial charge is 0.233 e. The second-order valence-electron chi connectivity index (χ2n) is 6.17. The highest BCUT2D eigenvalue weighted by Crippen LogP contribution is 2.22. The highest BCUT2D eigenvalue weighted by Gasteiger charge is 2.21. The van der Waals surface area contributed by atoms with Gasteiger partial charge in [-0.05, 0) is 30.5 Å². The molecule has 1 saturated heterocycles. The molecule has 6 nitrogen and oxygen atoms in total. The SMILES string of the molecule is CNC(=O)CN1CCC(Nc2nnc(Cc3ccc(F)cc3)s2)CC1. The number of likely N-dealkylation sites (N-methyl/N-ethyl adjacent to an activating group) is 1. The third kappa shape index (κ3) is 5.20. The van der Waals surface area contributed by atoms with E-state index < -0.39 is 0 Å². The molecule has 1 aromatic carbocycles. The average molecular weight is 363 g/mol. The van der Waals surface area contributed by atoms with Crippen LogP contribution in [0, 0.1) is 5.82 Å². The van der Waals surface area contributed by atoms with Crippen molar-refractivity contribution in [3.63, 3.8) is 0 Å². The van der Waals surface area contributed by atoms with Gasteiger partial charge in [0.2, 0.25) is 11.0 Å². The number of nitrogens with zero attached hydrogens (tertiary/aromatic N) is 3. The van der Waals surface area contributed by atoms with E-state index in [9.17, 15) is 9.18 Å². The van der Waals surface area contributed by atoms with Crippen molar-refractivity contribution in [1.82, 2.24) is 20.4 Å². The van der Waals surface area contributed by atoms with Gasteiger partial charge in [0.15, 0.2) is 0 Å². The van der Waals surface area contributed by atoms with Gasteiger partial charge in [0, 0.05) is 32.6 Å². The van der Waals surface area contributed by atoms with Crippen LogP contribution in [0.2, 0.25) is 0 Å². The third-order valence-corrected chi connectivity index (χ3v) is 5.15. The predicted molar refractivity (Wildman–Crippen MR) is 96.3 cm³/mol. The van der Waals surface area contributed by atoms with Crippen LogP contribution in [-0.2, 0) is 11.2 Å². The Morgan fingerprint density at radius 3 is 2.68 bits per heavy atom. The summed E-state index contributed by atoms with van der Waals surface area (Å²) >= 11 is 1.54. The van der Waals surface area contributed by atoms with E-state index in [4.69, 9.17) is 0 Å². The van der Waals surface area contributed by atoms with Crippen LogP contribution in [0.4, 0.5) is 9.52 Å². The summed E-state index contributed by atoms with van der Waals surface area (Å²) in [6, 6.07) is 6.81. The topological polar surface area (TPSA) is 70.2 Å². The first-order valence-corrected chi connectivity index (χ1v) is 9.20. The number of nitrogens with one attached hydrogen (secondary N) is 2. The van der Waals surface area contributed by atoms with Crippen LogP contribution in [0.3, 0.4) is 0 Å².